The molecule has 0 saturated carbocycles. The van der Waals surface area contributed by atoms with Crippen LogP contribution in [0.25, 0.3) is 6.08 Å². The van der Waals surface area contributed by atoms with Crippen molar-refractivity contribution in [3.05, 3.63) is 35.4 Å². The summed E-state index contributed by atoms with van der Waals surface area (Å²) in [6.07, 6.45) is 2.38. The van der Waals surface area contributed by atoms with Crippen LogP contribution < -0.4 is 10.1 Å². The van der Waals surface area contributed by atoms with E-state index in [0.29, 0.717) is 18.9 Å². The molecule has 1 rings (SSSR count). The molecular formula is C15H18N2O2. The Bertz CT molecular complexity index is 501. The number of hydrogen-bond acceptors (Lipinski definition) is 3. The van der Waals surface area contributed by atoms with Gasteiger partial charge in [0.15, 0.2) is 0 Å². The molecule has 0 fully saturated rings. The third-order valence-corrected chi connectivity index (χ3v) is 2.42. The van der Waals surface area contributed by atoms with Gasteiger partial charge in [-0.25, -0.2) is 0 Å². The summed E-state index contributed by atoms with van der Waals surface area (Å²) >= 11 is 0. The monoisotopic (exact) mass is 258 g/mol. The molecular weight excluding hydrogens is 240 g/mol. The highest BCUT2D eigenvalue weighted by Crippen LogP contribution is 2.20. The van der Waals surface area contributed by atoms with Gasteiger partial charge in [-0.15, -0.1) is 0 Å². The van der Waals surface area contributed by atoms with Crippen molar-refractivity contribution >= 4 is 12.0 Å². The number of amides is 1. The van der Waals surface area contributed by atoms with Gasteiger partial charge < -0.3 is 10.1 Å². The fourth-order valence-electron chi connectivity index (χ4n) is 1.52. The predicted octanol–water partition coefficient (Wildman–Crippen LogP) is 2.52. The molecule has 0 aliphatic rings. The standard InChI is InChI=1S/C15H18N2O2/c1-3-9-17-15(18)13(11-16)10-12-7-5-6-8-14(12)19-4-2/h5-8,10H,3-4,9H2,1-2H3,(H,17,18)/b13-10-. The van der Waals surface area contributed by atoms with Crippen molar-refractivity contribution in [1.29, 1.82) is 5.26 Å². The lowest BCUT2D eigenvalue weighted by Crippen LogP contribution is -2.25. The first-order valence-corrected chi connectivity index (χ1v) is 6.34. The Kier molecular flexibility index (Phi) is 6.17. The molecule has 0 bridgehead atoms. The number of para-hydroxylation sites is 1. The summed E-state index contributed by atoms with van der Waals surface area (Å²) in [5.74, 6) is 0.316. The average Bonchev–Trinajstić information content (AvgIpc) is 2.44. The van der Waals surface area contributed by atoms with Gasteiger partial charge in [0.25, 0.3) is 5.91 Å². The number of ether oxygens (including phenoxy) is 1. The molecule has 1 aromatic rings. The van der Waals surface area contributed by atoms with Crippen LogP contribution in [0.2, 0.25) is 0 Å². The minimum Gasteiger partial charge on any atom is -0.493 e. The van der Waals surface area contributed by atoms with Crippen molar-refractivity contribution < 1.29 is 9.53 Å². The summed E-state index contributed by atoms with van der Waals surface area (Å²) in [5.41, 5.74) is 0.813. The lowest BCUT2D eigenvalue weighted by molar-refractivity contribution is -0.117. The largest absolute Gasteiger partial charge is 0.493 e. The molecule has 4 heteroatoms. The first-order chi connectivity index (χ1) is 9.22. The van der Waals surface area contributed by atoms with Gasteiger partial charge in [-0.2, -0.15) is 5.26 Å². The lowest BCUT2D eigenvalue weighted by Gasteiger charge is -2.07. The van der Waals surface area contributed by atoms with Gasteiger partial charge in [0, 0.05) is 12.1 Å². The van der Waals surface area contributed by atoms with Crippen LogP contribution in [-0.4, -0.2) is 19.1 Å². The third kappa shape index (κ3) is 4.47. The number of rotatable bonds is 6. The molecule has 1 aromatic carbocycles. The average molecular weight is 258 g/mol. The summed E-state index contributed by atoms with van der Waals surface area (Å²) in [5, 5.41) is 11.7. The van der Waals surface area contributed by atoms with E-state index in [0.717, 1.165) is 12.0 Å². The molecule has 0 aliphatic heterocycles. The first kappa shape index (κ1) is 14.8. The molecule has 0 saturated heterocycles. The van der Waals surface area contributed by atoms with Gasteiger partial charge in [0.2, 0.25) is 0 Å². The Hall–Kier alpha value is -2.28. The molecule has 0 spiro atoms. The Morgan fingerprint density at radius 2 is 2.16 bits per heavy atom. The highest BCUT2D eigenvalue weighted by molar-refractivity contribution is 6.01. The molecule has 19 heavy (non-hydrogen) atoms. The number of carbonyl (C=O) groups excluding carboxylic acids is 1. The zero-order valence-corrected chi connectivity index (χ0v) is 11.3. The van der Waals surface area contributed by atoms with Gasteiger partial charge >= 0.3 is 0 Å². The van der Waals surface area contributed by atoms with Crippen LogP contribution in [0.4, 0.5) is 0 Å². The van der Waals surface area contributed by atoms with E-state index in [1.54, 1.807) is 6.08 Å². The summed E-state index contributed by atoms with van der Waals surface area (Å²) in [6.45, 7) is 4.94. The van der Waals surface area contributed by atoms with Crippen LogP contribution in [-0.2, 0) is 4.79 Å². The highest BCUT2D eigenvalue weighted by atomic mass is 16.5. The van der Waals surface area contributed by atoms with Crippen LogP contribution in [0.1, 0.15) is 25.8 Å². The second-order valence-electron chi connectivity index (χ2n) is 3.90. The van der Waals surface area contributed by atoms with Crippen molar-refractivity contribution in [2.45, 2.75) is 20.3 Å². The third-order valence-electron chi connectivity index (χ3n) is 2.42. The maximum Gasteiger partial charge on any atom is 0.261 e. The van der Waals surface area contributed by atoms with E-state index in [4.69, 9.17) is 10.00 Å². The van der Waals surface area contributed by atoms with E-state index in [1.807, 2.05) is 44.2 Å². The van der Waals surface area contributed by atoms with Gasteiger partial charge in [-0.1, -0.05) is 25.1 Å². The molecule has 100 valence electrons. The Balaban J connectivity index is 2.98. The lowest BCUT2D eigenvalue weighted by atomic mass is 10.1. The molecule has 1 N–H and O–H groups in total. The van der Waals surface area contributed by atoms with Crippen LogP contribution >= 0.6 is 0 Å². The molecule has 0 aliphatic carbocycles. The van der Waals surface area contributed by atoms with Crippen LogP contribution in [0.3, 0.4) is 0 Å². The quantitative estimate of drug-likeness (QED) is 0.630. The number of nitrogens with one attached hydrogen (secondary N) is 1. The molecule has 1 amide bonds. The summed E-state index contributed by atoms with van der Waals surface area (Å²) in [7, 11) is 0. The second-order valence-corrected chi connectivity index (χ2v) is 3.90. The van der Waals surface area contributed by atoms with Gasteiger partial charge in [-0.3, -0.25) is 4.79 Å². The topological polar surface area (TPSA) is 62.1 Å². The van der Waals surface area contributed by atoms with Crippen molar-refractivity contribution in [3.8, 4) is 11.8 Å². The Morgan fingerprint density at radius 3 is 2.79 bits per heavy atom. The normalized spacial score (nSPS) is 10.7. The van der Waals surface area contributed by atoms with Crippen LogP contribution in [0, 0.1) is 11.3 Å². The smallest absolute Gasteiger partial charge is 0.261 e. The van der Waals surface area contributed by atoms with E-state index in [1.165, 1.54) is 0 Å². The molecule has 0 heterocycles. The van der Waals surface area contributed by atoms with Crippen molar-refractivity contribution in [2.24, 2.45) is 0 Å². The fraction of sp³-hybridized carbons (Fsp3) is 0.333. The zero-order chi connectivity index (χ0) is 14.1. The van der Waals surface area contributed by atoms with Gasteiger partial charge in [0.05, 0.1) is 6.61 Å². The predicted molar refractivity (Wildman–Crippen MR) is 74.5 cm³/mol. The van der Waals surface area contributed by atoms with E-state index < -0.39 is 0 Å². The molecule has 0 radical (unpaired) electrons. The summed E-state index contributed by atoms with van der Waals surface area (Å²) in [6, 6.07) is 9.24. The van der Waals surface area contributed by atoms with Gasteiger partial charge in [0.1, 0.15) is 17.4 Å². The van der Waals surface area contributed by atoms with E-state index >= 15 is 0 Å². The second kappa shape index (κ2) is 7.93. The Labute approximate surface area is 113 Å². The minimum atomic E-state index is -0.351. The van der Waals surface area contributed by atoms with Crippen LogP contribution in [0.5, 0.6) is 5.75 Å². The maximum atomic E-state index is 11.8. The van der Waals surface area contributed by atoms with E-state index in [9.17, 15) is 4.79 Å². The maximum absolute atomic E-state index is 11.8. The van der Waals surface area contributed by atoms with Crippen molar-refractivity contribution in [2.75, 3.05) is 13.2 Å². The van der Waals surface area contributed by atoms with Crippen molar-refractivity contribution in [3.63, 3.8) is 0 Å². The number of carbonyl (C=O) groups is 1. The molecule has 0 aromatic heterocycles. The Morgan fingerprint density at radius 1 is 1.42 bits per heavy atom. The van der Waals surface area contributed by atoms with Crippen LogP contribution in [0.15, 0.2) is 29.8 Å². The van der Waals surface area contributed by atoms with E-state index in [2.05, 4.69) is 5.32 Å². The number of hydrogen-bond donors (Lipinski definition) is 1. The SMILES string of the molecule is CCCNC(=O)/C(C#N)=C\c1ccccc1OCC. The first-order valence-electron chi connectivity index (χ1n) is 6.34. The molecule has 4 nitrogen and oxygen atoms in total. The number of benzene rings is 1. The zero-order valence-electron chi connectivity index (χ0n) is 11.3. The molecule has 0 atom stereocenters. The fourth-order valence-corrected chi connectivity index (χ4v) is 1.52. The molecule has 0 unspecified atom stereocenters. The summed E-state index contributed by atoms with van der Waals surface area (Å²) in [4.78, 5) is 11.8. The summed E-state index contributed by atoms with van der Waals surface area (Å²) < 4.78 is 5.46. The minimum absolute atomic E-state index is 0.0839. The number of nitrogens with zero attached hydrogens (tertiary/aromatic N) is 1. The van der Waals surface area contributed by atoms with E-state index in [-0.39, 0.29) is 11.5 Å². The number of nitriles is 1. The van der Waals surface area contributed by atoms with Gasteiger partial charge in [-0.05, 0) is 25.5 Å². The highest BCUT2D eigenvalue weighted by Gasteiger charge is 2.09. The van der Waals surface area contributed by atoms with Crippen molar-refractivity contribution in [1.82, 2.24) is 5.32 Å².